The van der Waals surface area contributed by atoms with Crippen LogP contribution in [-0.4, -0.2) is 39.3 Å². The van der Waals surface area contributed by atoms with E-state index in [1.54, 1.807) is 16.7 Å². The van der Waals surface area contributed by atoms with Gasteiger partial charge in [-0.3, -0.25) is 14.1 Å². The molecule has 0 aliphatic carbocycles. The van der Waals surface area contributed by atoms with Gasteiger partial charge in [-0.05, 0) is 56.1 Å². The Kier molecular flexibility index (Phi) is 6.40. The summed E-state index contributed by atoms with van der Waals surface area (Å²) in [6, 6.07) is 7.80. The lowest BCUT2D eigenvalue weighted by atomic mass is 10.2. The molecule has 0 aromatic carbocycles. The second-order valence-corrected chi connectivity index (χ2v) is 8.80. The molecule has 9 heteroatoms. The molecule has 1 amide bonds. The molecule has 4 aromatic heterocycles. The van der Waals surface area contributed by atoms with Gasteiger partial charge in [0.05, 0.1) is 21.0 Å². The van der Waals surface area contributed by atoms with E-state index < -0.39 is 5.91 Å². The van der Waals surface area contributed by atoms with E-state index >= 15 is 0 Å². The van der Waals surface area contributed by atoms with Crippen LogP contribution in [0.4, 0.5) is 0 Å². The normalized spacial score (nSPS) is 10.8. The van der Waals surface area contributed by atoms with Crippen LogP contribution >= 0.6 is 35.5 Å². The molecule has 0 saturated carbocycles. The zero-order valence-corrected chi connectivity index (χ0v) is 18.1. The molecule has 0 aliphatic heterocycles. The lowest BCUT2D eigenvalue weighted by Crippen LogP contribution is -2.13. The average Bonchev–Trinajstić information content (AvgIpc) is 3.27. The molecule has 0 radical (unpaired) electrons. The number of nitrogens with two attached hydrogens (primary N) is 1. The number of rotatable bonds is 3. The number of thiazole rings is 1. The Morgan fingerprint density at radius 1 is 1.25 bits per heavy atom. The largest absolute Gasteiger partial charge is 0.364 e. The van der Waals surface area contributed by atoms with E-state index in [1.165, 1.54) is 22.7 Å². The summed E-state index contributed by atoms with van der Waals surface area (Å²) in [4.78, 5) is 25.9. The zero-order valence-electron chi connectivity index (χ0n) is 15.6. The summed E-state index contributed by atoms with van der Waals surface area (Å²) < 4.78 is 2.51. The van der Waals surface area contributed by atoms with Crippen LogP contribution in [0.2, 0.25) is 0 Å². The first-order valence-electron chi connectivity index (χ1n) is 8.29. The third-order valence-electron chi connectivity index (χ3n) is 3.61. The van der Waals surface area contributed by atoms with Crippen molar-refractivity contribution in [3.05, 3.63) is 53.4 Å². The first-order valence-corrected chi connectivity index (χ1v) is 10.4. The summed E-state index contributed by atoms with van der Waals surface area (Å²) >= 11 is 6.80. The quantitative estimate of drug-likeness (QED) is 0.475. The Labute approximate surface area is 176 Å². The number of primary amides is 1. The Morgan fingerprint density at radius 2 is 2.00 bits per heavy atom. The van der Waals surface area contributed by atoms with Gasteiger partial charge < -0.3 is 5.73 Å². The van der Waals surface area contributed by atoms with Crippen molar-refractivity contribution >= 4 is 51.5 Å². The number of pyridine rings is 2. The lowest BCUT2D eigenvalue weighted by molar-refractivity contribution is 0.0997. The van der Waals surface area contributed by atoms with Crippen LogP contribution in [0, 0.1) is 6.92 Å². The zero-order chi connectivity index (χ0) is 20.3. The van der Waals surface area contributed by atoms with Gasteiger partial charge in [0.15, 0.2) is 0 Å². The van der Waals surface area contributed by atoms with Gasteiger partial charge in [0.25, 0.3) is 5.91 Å². The van der Waals surface area contributed by atoms with Gasteiger partial charge in [0, 0.05) is 18.0 Å². The van der Waals surface area contributed by atoms with Gasteiger partial charge in [-0.25, -0.2) is 9.97 Å². The number of thiol groups is 1. The molecule has 28 heavy (non-hydrogen) atoms. The van der Waals surface area contributed by atoms with E-state index in [0.29, 0.717) is 5.69 Å². The fraction of sp³-hybridized carbons (Fsp3) is 0.158. The third kappa shape index (κ3) is 4.56. The molecule has 0 atom stereocenters. The summed E-state index contributed by atoms with van der Waals surface area (Å²) in [5, 5.41) is 3.78. The van der Waals surface area contributed by atoms with Crippen LogP contribution in [0.15, 0.2) is 42.0 Å². The minimum Gasteiger partial charge on any atom is -0.364 e. The summed E-state index contributed by atoms with van der Waals surface area (Å²) in [7, 11) is 3.73. The fourth-order valence-electron chi connectivity index (χ4n) is 2.51. The molecule has 4 aromatic rings. The van der Waals surface area contributed by atoms with Gasteiger partial charge in [-0.1, -0.05) is 12.8 Å². The van der Waals surface area contributed by atoms with Crippen molar-refractivity contribution < 1.29 is 4.79 Å². The predicted molar refractivity (Wildman–Crippen MR) is 120 cm³/mol. The van der Waals surface area contributed by atoms with Gasteiger partial charge in [-0.15, -0.1) is 22.7 Å². The van der Waals surface area contributed by atoms with E-state index in [2.05, 4.69) is 27.8 Å². The molecule has 0 bridgehead atoms. The Balaban J connectivity index is 0.000000516. The molecule has 0 fully saturated rings. The van der Waals surface area contributed by atoms with Crippen LogP contribution in [0.1, 0.15) is 16.2 Å². The van der Waals surface area contributed by atoms with E-state index in [0.717, 1.165) is 36.9 Å². The summed E-state index contributed by atoms with van der Waals surface area (Å²) in [5.41, 5.74) is 8.37. The van der Waals surface area contributed by atoms with Crippen LogP contribution < -0.4 is 5.73 Å². The molecule has 2 N–H and O–H groups in total. The first kappa shape index (κ1) is 20.4. The Morgan fingerprint density at radius 3 is 2.64 bits per heavy atom. The minimum atomic E-state index is -0.515. The minimum absolute atomic E-state index is 0.313. The number of aryl methyl sites for hydroxylation is 1. The number of hydrogen-bond donors (Lipinski definition) is 2. The van der Waals surface area contributed by atoms with Crippen molar-refractivity contribution in [2.45, 2.75) is 6.92 Å². The van der Waals surface area contributed by atoms with E-state index in [1.807, 2.05) is 50.7 Å². The topological polar surface area (TPSA) is 85.0 Å². The van der Waals surface area contributed by atoms with Gasteiger partial charge >= 0.3 is 0 Å². The maximum atomic E-state index is 11.8. The Hall–Kier alpha value is -2.33. The molecular weight excluding hydrogens is 410 g/mol. The van der Waals surface area contributed by atoms with Gasteiger partial charge in [0.1, 0.15) is 10.7 Å². The monoisotopic (exact) mass is 429 g/mol. The molecule has 144 valence electrons. The fourth-order valence-corrected chi connectivity index (χ4v) is 4.39. The van der Waals surface area contributed by atoms with Gasteiger partial charge in [0.2, 0.25) is 0 Å². The van der Waals surface area contributed by atoms with Crippen molar-refractivity contribution in [2.75, 3.05) is 14.1 Å². The predicted octanol–water partition coefficient (Wildman–Crippen LogP) is 4.28. The van der Waals surface area contributed by atoms with Crippen molar-refractivity contribution in [3.63, 3.8) is 0 Å². The molecule has 0 saturated heterocycles. The maximum absolute atomic E-state index is 11.8. The number of thiophene rings is 1. The highest BCUT2D eigenvalue weighted by Gasteiger charge is 2.17. The number of aromatic nitrogens is 3. The highest BCUT2D eigenvalue weighted by atomic mass is 32.1. The number of carbonyl (C=O) groups is 1. The lowest BCUT2D eigenvalue weighted by Gasteiger charge is -2.03. The summed E-state index contributed by atoms with van der Waals surface area (Å²) in [6.07, 6.45) is 3.52. The number of amides is 1. The van der Waals surface area contributed by atoms with Crippen molar-refractivity contribution in [2.24, 2.45) is 5.73 Å². The number of fused-ring (bicyclic) bond motifs is 1. The van der Waals surface area contributed by atoms with Crippen LogP contribution in [0.3, 0.4) is 0 Å². The van der Waals surface area contributed by atoms with Crippen LogP contribution in [0.25, 0.3) is 31.2 Å². The molecule has 0 unspecified atom stereocenters. The number of nitrogens with zero attached hydrogens (tertiary/aromatic N) is 4. The van der Waals surface area contributed by atoms with Crippen molar-refractivity contribution in [1.82, 2.24) is 19.3 Å². The number of hydrogen-bond acceptors (Lipinski definition) is 8. The SMILES string of the molecule is CN(C)S.Cc1nc(-c2cccnc2)sc1-c1cc2ccsc2c(C(N)=O)n1. The maximum Gasteiger partial charge on any atom is 0.268 e. The second kappa shape index (κ2) is 8.78. The van der Waals surface area contributed by atoms with Crippen molar-refractivity contribution in [1.29, 1.82) is 0 Å². The molecule has 4 rings (SSSR count). The molecule has 0 aliphatic rings. The Bertz CT molecular complexity index is 1100. The molecule has 0 spiro atoms. The van der Waals surface area contributed by atoms with Crippen molar-refractivity contribution in [3.8, 4) is 21.1 Å². The molecule has 6 nitrogen and oxygen atoms in total. The summed E-state index contributed by atoms with van der Waals surface area (Å²) in [6.45, 7) is 1.94. The smallest absolute Gasteiger partial charge is 0.268 e. The van der Waals surface area contributed by atoms with Crippen LogP contribution in [-0.2, 0) is 0 Å². The number of carbonyl (C=O) groups excluding carboxylic acids is 1. The second-order valence-electron chi connectivity index (χ2n) is 6.08. The van der Waals surface area contributed by atoms with Gasteiger partial charge in [-0.2, -0.15) is 0 Å². The van der Waals surface area contributed by atoms with Crippen LogP contribution in [0.5, 0.6) is 0 Å². The first-order chi connectivity index (χ1) is 13.4. The van der Waals surface area contributed by atoms with E-state index in [9.17, 15) is 4.79 Å². The standard InChI is InChI=1S/C17H12N4OS2.C2H7NS/c1-9-14(24-17(20-9)11-3-2-5-19-8-11)12-7-10-4-6-23-15(10)13(21-12)16(18)22;1-3(2)4/h2-8H,1H3,(H2,18,22);4H,1-2H3. The molecular formula is C19H19N5OS3. The van der Waals surface area contributed by atoms with E-state index in [4.69, 9.17) is 5.73 Å². The highest BCUT2D eigenvalue weighted by Crippen LogP contribution is 2.36. The molecule has 4 heterocycles. The average molecular weight is 430 g/mol. The third-order valence-corrected chi connectivity index (χ3v) is 5.77. The van der Waals surface area contributed by atoms with E-state index in [-0.39, 0.29) is 0 Å². The summed E-state index contributed by atoms with van der Waals surface area (Å²) in [5.74, 6) is -0.515. The highest BCUT2D eigenvalue weighted by molar-refractivity contribution is 7.77.